The van der Waals surface area contributed by atoms with Crippen molar-refractivity contribution in [2.75, 3.05) is 57.4 Å². The summed E-state index contributed by atoms with van der Waals surface area (Å²) in [6.07, 6.45) is -0.678. The maximum absolute atomic E-state index is 13.1. The van der Waals surface area contributed by atoms with Crippen LogP contribution in [-0.4, -0.2) is 69.9 Å². The van der Waals surface area contributed by atoms with Crippen molar-refractivity contribution in [2.24, 2.45) is 0 Å². The molecule has 0 bridgehead atoms. The van der Waals surface area contributed by atoms with Crippen LogP contribution in [0.1, 0.15) is 0 Å². The third-order valence-electron chi connectivity index (χ3n) is 5.37. The van der Waals surface area contributed by atoms with Crippen LogP contribution in [0.15, 0.2) is 48.5 Å². The maximum atomic E-state index is 13.1. The molecule has 156 valence electrons. The number of nitrogens with one attached hydrogen (secondary N) is 1. The second kappa shape index (κ2) is 9.43. The average molecular weight is 403 g/mol. The Balaban J connectivity index is 1.14. The van der Waals surface area contributed by atoms with Crippen LogP contribution in [0.5, 0.6) is 11.5 Å². The van der Waals surface area contributed by atoms with E-state index in [1.165, 1.54) is 17.0 Å². The summed E-state index contributed by atoms with van der Waals surface area (Å²) >= 11 is 0. The summed E-state index contributed by atoms with van der Waals surface area (Å²) in [6, 6.07) is 14.2. The number of piperazine rings is 1. The standard InChI is InChI=1S/C22H27FN2O4/c23-17-5-7-18(8-6-17)25-11-9-24(10-12-25)13-19(26)14-27-15-20-16-28-21-3-1-2-4-22(21)29-20/h1-8,19-20,26H,9-16H2/p+1/t19-,20-/m0/s1. The van der Waals surface area contributed by atoms with Crippen LogP contribution in [0.4, 0.5) is 10.1 Å². The summed E-state index contributed by atoms with van der Waals surface area (Å²) in [6.45, 7) is 5.43. The number of benzene rings is 2. The molecule has 0 amide bonds. The normalized spacial score (nSPS) is 20.5. The zero-order valence-electron chi connectivity index (χ0n) is 16.4. The van der Waals surface area contributed by atoms with Crippen LogP contribution < -0.4 is 19.3 Å². The molecule has 2 aliphatic heterocycles. The van der Waals surface area contributed by atoms with Gasteiger partial charge in [0.15, 0.2) is 17.6 Å². The van der Waals surface area contributed by atoms with Gasteiger partial charge in [-0.15, -0.1) is 0 Å². The number of ether oxygens (including phenoxy) is 3. The van der Waals surface area contributed by atoms with Gasteiger partial charge < -0.3 is 29.1 Å². The smallest absolute Gasteiger partial charge is 0.161 e. The second-order valence-corrected chi connectivity index (χ2v) is 7.61. The Morgan fingerprint density at radius 1 is 1.10 bits per heavy atom. The van der Waals surface area contributed by atoms with E-state index in [9.17, 15) is 9.50 Å². The molecule has 0 radical (unpaired) electrons. The molecule has 29 heavy (non-hydrogen) atoms. The minimum Gasteiger partial charge on any atom is -0.486 e. The van der Waals surface area contributed by atoms with E-state index in [4.69, 9.17) is 14.2 Å². The summed E-state index contributed by atoms with van der Waals surface area (Å²) in [5, 5.41) is 10.3. The van der Waals surface area contributed by atoms with E-state index < -0.39 is 6.10 Å². The number of anilines is 1. The van der Waals surface area contributed by atoms with Gasteiger partial charge in [0.25, 0.3) is 0 Å². The summed E-state index contributed by atoms with van der Waals surface area (Å²) < 4.78 is 30.3. The maximum Gasteiger partial charge on any atom is 0.161 e. The summed E-state index contributed by atoms with van der Waals surface area (Å²) in [5.74, 6) is 1.28. The number of para-hydroxylation sites is 2. The fourth-order valence-corrected chi connectivity index (χ4v) is 3.81. The first-order chi connectivity index (χ1) is 14.2. The lowest BCUT2D eigenvalue weighted by molar-refractivity contribution is -0.903. The van der Waals surface area contributed by atoms with Gasteiger partial charge in [-0.1, -0.05) is 12.1 Å². The van der Waals surface area contributed by atoms with Gasteiger partial charge in [0.1, 0.15) is 25.1 Å². The number of hydrogen-bond donors (Lipinski definition) is 2. The van der Waals surface area contributed by atoms with E-state index in [0.29, 0.717) is 19.8 Å². The molecule has 2 aliphatic rings. The number of aliphatic hydroxyl groups excluding tert-OH is 1. The highest BCUT2D eigenvalue weighted by molar-refractivity contribution is 5.46. The van der Waals surface area contributed by atoms with Crippen molar-refractivity contribution >= 4 is 5.69 Å². The van der Waals surface area contributed by atoms with Crippen molar-refractivity contribution in [2.45, 2.75) is 12.2 Å². The lowest BCUT2D eigenvalue weighted by atomic mass is 10.2. The van der Waals surface area contributed by atoms with Gasteiger partial charge >= 0.3 is 0 Å². The molecule has 2 heterocycles. The van der Waals surface area contributed by atoms with Crippen LogP contribution in [0.3, 0.4) is 0 Å². The quantitative estimate of drug-likeness (QED) is 0.715. The highest BCUT2D eigenvalue weighted by Crippen LogP contribution is 2.30. The van der Waals surface area contributed by atoms with Gasteiger partial charge in [0.05, 0.1) is 39.4 Å². The fraction of sp³-hybridized carbons (Fsp3) is 0.455. The molecule has 0 aromatic heterocycles. The first-order valence-corrected chi connectivity index (χ1v) is 10.2. The predicted octanol–water partition coefficient (Wildman–Crippen LogP) is 0.748. The minimum atomic E-state index is -0.515. The number of nitrogens with zero attached hydrogens (tertiary/aromatic N) is 1. The van der Waals surface area contributed by atoms with Gasteiger partial charge in [-0.3, -0.25) is 0 Å². The molecule has 0 saturated carbocycles. The van der Waals surface area contributed by atoms with Crippen molar-refractivity contribution in [3.63, 3.8) is 0 Å². The zero-order valence-corrected chi connectivity index (χ0v) is 16.4. The molecule has 2 aromatic rings. The molecule has 7 heteroatoms. The molecule has 0 spiro atoms. The van der Waals surface area contributed by atoms with Gasteiger partial charge in [-0.2, -0.15) is 0 Å². The van der Waals surface area contributed by atoms with E-state index in [-0.39, 0.29) is 18.5 Å². The molecular formula is C22H28FN2O4+. The fourth-order valence-electron chi connectivity index (χ4n) is 3.81. The van der Waals surface area contributed by atoms with Gasteiger partial charge in [0, 0.05) is 5.69 Å². The Bertz CT molecular complexity index is 781. The van der Waals surface area contributed by atoms with Gasteiger partial charge in [0.2, 0.25) is 0 Å². The monoisotopic (exact) mass is 403 g/mol. The second-order valence-electron chi connectivity index (χ2n) is 7.61. The van der Waals surface area contributed by atoms with Crippen LogP contribution in [0.25, 0.3) is 0 Å². The number of aliphatic hydroxyl groups is 1. The summed E-state index contributed by atoms with van der Waals surface area (Å²) in [7, 11) is 0. The Hall–Kier alpha value is -2.35. The lowest BCUT2D eigenvalue weighted by Gasteiger charge is -2.34. The highest BCUT2D eigenvalue weighted by atomic mass is 19.1. The predicted molar refractivity (Wildman–Crippen MR) is 107 cm³/mol. The highest BCUT2D eigenvalue weighted by Gasteiger charge is 2.24. The third kappa shape index (κ3) is 5.38. The topological polar surface area (TPSA) is 55.6 Å². The lowest BCUT2D eigenvalue weighted by Crippen LogP contribution is -3.16. The molecule has 2 N–H and O–H groups in total. The van der Waals surface area contributed by atoms with Crippen LogP contribution >= 0.6 is 0 Å². The number of quaternary nitrogens is 1. The van der Waals surface area contributed by atoms with E-state index in [1.54, 1.807) is 0 Å². The number of hydrogen-bond acceptors (Lipinski definition) is 5. The van der Waals surface area contributed by atoms with E-state index in [0.717, 1.165) is 43.4 Å². The molecule has 2 aromatic carbocycles. The zero-order chi connectivity index (χ0) is 20.1. The van der Waals surface area contributed by atoms with Crippen LogP contribution in [0, 0.1) is 5.82 Å². The largest absolute Gasteiger partial charge is 0.486 e. The Morgan fingerprint density at radius 3 is 2.59 bits per heavy atom. The first kappa shape index (κ1) is 19.9. The van der Waals surface area contributed by atoms with Crippen molar-refractivity contribution in [3.8, 4) is 11.5 Å². The molecule has 1 saturated heterocycles. The molecule has 6 nitrogen and oxygen atoms in total. The van der Waals surface area contributed by atoms with Gasteiger partial charge in [-0.25, -0.2) is 4.39 Å². The molecular weight excluding hydrogens is 375 g/mol. The van der Waals surface area contributed by atoms with E-state index >= 15 is 0 Å². The third-order valence-corrected chi connectivity index (χ3v) is 5.37. The average Bonchev–Trinajstić information content (AvgIpc) is 2.75. The molecule has 0 unspecified atom stereocenters. The Labute approximate surface area is 170 Å². The van der Waals surface area contributed by atoms with Crippen LogP contribution in [0.2, 0.25) is 0 Å². The molecule has 4 rings (SSSR count). The molecule has 2 atom stereocenters. The number of halogens is 1. The van der Waals surface area contributed by atoms with Crippen molar-refractivity contribution in [1.82, 2.24) is 0 Å². The van der Waals surface area contributed by atoms with Crippen molar-refractivity contribution in [1.29, 1.82) is 0 Å². The number of rotatable bonds is 7. The molecule has 1 fully saturated rings. The SMILES string of the molecule is O[C@H](COC[C@H]1COc2ccccc2O1)C[NH+]1CCN(c2ccc(F)cc2)CC1. The van der Waals surface area contributed by atoms with Crippen LogP contribution in [-0.2, 0) is 4.74 Å². The Kier molecular flexibility index (Phi) is 6.49. The first-order valence-electron chi connectivity index (χ1n) is 10.2. The molecule has 0 aliphatic carbocycles. The van der Waals surface area contributed by atoms with Crippen molar-refractivity contribution in [3.05, 3.63) is 54.3 Å². The minimum absolute atomic E-state index is 0.163. The van der Waals surface area contributed by atoms with Crippen molar-refractivity contribution < 1.29 is 28.6 Å². The Morgan fingerprint density at radius 2 is 1.83 bits per heavy atom. The summed E-state index contributed by atoms with van der Waals surface area (Å²) in [4.78, 5) is 3.61. The number of fused-ring (bicyclic) bond motifs is 1. The summed E-state index contributed by atoms with van der Waals surface area (Å²) in [5.41, 5.74) is 1.05. The van der Waals surface area contributed by atoms with E-state index in [1.807, 2.05) is 36.4 Å². The van der Waals surface area contributed by atoms with E-state index in [2.05, 4.69) is 4.90 Å². The van der Waals surface area contributed by atoms with Gasteiger partial charge in [-0.05, 0) is 36.4 Å².